The predicted octanol–water partition coefficient (Wildman–Crippen LogP) is -0.736. The van der Waals surface area contributed by atoms with Crippen LogP contribution in [0.1, 0.15) is 5.69 Å². The second kappa shape index (κ2) is 3.70. The fraction of sp³-hybridized carbons (Fsp3) is 0.286. The molecule has 6 heteroatoms. The number of amides is 1. The highest BCUT2D eigenvalue weighted by molar-refractivity contribution is 5.78. The molecule has 0 aromatic carbocycles. The molecule has 0 aliphatic carbocycles. The minimum atomic E-state index is -0.449. The van der Waals surface area contributed by atoms with Gasteiger partial charge in [0.15, 0.2) is 0 Å². The Morgan fingerprint density at radius 2 is 2.31 bits per heavy atom. The van der Waals surface area contributed by atoms with Crippen LogP contribution in [0, 0.1) is 6.92 Å². The van der Waals surface area contributed by atoms with Gasteiger partial charge < -0.3 is 16.8 Å². The molecule has 0 aliphatic rings. The molecule has 0 bridgehead atoms. The van der Waals surface area contributed by atoms with Crippen LogP contribution in [-0.4, -0.2) is 22.4 Å². The average molecular weight is 181 g/mol. The smallest absolute Gasteiger partial charge is 0.236 e. The van der Waals surface area contributed by atoms with E-state index in [1.54, 1.807) is 13.0 Å². The van der Waals surface area contributed by atoms with Gasteiger partial charge in [-0.05, 0) is 6.92 Å². The Morgan fingerprint density at radius 3 is 2.85 bits per heavy atom. The van der Waals surface area contributed by atoms with E-state index in [2.05, 4.69) is 15.3 Å². The lowest BCUT2D eigenvalue weighted by molar-refractivity contribution is -0.116. The van der Waals surface area contributed by atoms with Crippen LogP contribution in [0.5, 0.6) is 0 Å². The van der Waals surface area contributed by atoms with Crippen LogP contribution in [0.4, 0.5) is 11.8 Å². The molecule has 1 aromatic heterocycles. The molecule has 0 saturated heterocycles. The van der Waals surface area contributed by atoms with E-state index < -0.39 is 5.91 Å². The van der Waals surface area contributed by atoms with E-state index in [9.17, 15) is 4.79 Å². The Labute approximate surface area is 75.4 Å². The molecule has 0 saturated carbocycles. The monoisotopic (exact) mass is 181 g/mol. The number of carbonyl (C=O) groups excluding carboxylic acids is 1. The van der Waals surface area contributed by atoms with Gasteiger partial charge in [0.2, 0.25) is 11.9 Å². The van der Waals surface area contributed by atoms with Crippen molar-refractivity contribution in [3.05, 3.63) is 11.8 Å². The summed E-state index contributed by atoms with van der Waals surface area (Å²) in [6.45, 7) is 1.82. The minimum absolute atomic E-state index is 0.0376. The number of nitrogens with one attached hydrogen (secondary N) is 1. The molecular formula is C7H11N5O. The third kappa shape index (κ3) is 2.94. The van der Waals surface area contributed by atoms with Crippen molar-refractivity contribution >= 4 is 17.7 Å². The normalized spacial score (nSPS) is 9.62. The van der Waals surface area contributed by atoms with E-state index in [0.717, 1.165) is 5.69 Å². The molecule has 1 amide bonds. The van der Waals surface area contributed by atoms with Gasteiger partial charge in [-0.25, -0.2) is 4.98 Å². The summed E-state index contributed by atoms with van der Waals surface area (Å²) in [6.07, 6.45) is 0. The summed E-state index contributed by atoms with van der Waals surface area (Å²) >= 11 is 0. The molecule has 0 unspecified atom stereocenters. The summed E-state index contributed by atoms with van der Waals surface area (Å²) in [6, 6.07) is 1.68. The first-order chi connectivity index (χ1) is 6.08. The van der Waals surface area contributed by atoms with Gasteiger partial charge in [0.05, 0.1) is 6.54 Å². The Bertz CT molecular complexity index is 304. The average Bonchev–Trinajstić information content (AvgIpc) is 1.99. The highest BCUT2D eigenvalue weighted by atomic mass is 16.1. The number of nitrogens with zero attached hydrogens (tertiary/aromatic N) is 2. The van der Waals surface area contributed by atoms with E-state index in [1.807, 2.05) is 0 Å². The van der Waals surface area contributed by atoms with Crippen molar-refractivity contribution in [2.24, 2.45) is 5.73 Å². The topological polar surface area (TPSA) is 107 Å². The van der Waals surface area contributed by atoms with Crippen molar-refractivity contribution in [1.82, 2.24) is 9.97 Å². The maximum atomic E-state index is 10.4. The second-order valence-corrected chi connectivity index (χ2v) is 2.57. The number of rotatable bonds is 3. The Balaban J connectivity index is 2.71. The zero-order valence-corrected chi connectivity index (χ0v) is 7.24. The number of aromatic nitrogens is 2. The molecule has 0 fully saturated rings. The molecule has 0 radical (unpaired) electrons. The van der Waals surface area contributed by atoms with Gasteiger partial charge in [-0.2, -0.15) is 4.98 Å². The number of anilines is 2. The fourth-order valence-corrected chi connectivity index (χ4v) is 0.860. The fourth-order valence-electron chi connectivity index (χ4n) is 0.860. The van der Waals surface area contributed by atoms with Crippen LogP contribution in [0.3, 0.4) is 0 Å². The molecule has 70 valence electrons. The quantitative estimate of drug-likeness (QED) is 0.569. The molecule has 0 atom stereocenters. The molecule has 0 spiro atoms. The van der Waals surface area contributed by atoms with Crippen molar-refractivity contribution in [3.8, 4) is 0 Å². The summed E-state index contributed by atoms with van der Waals surface area (Å²) in [4.78, 5) is 18.2. The molecule has 5 N–H and O–H groups in total. The second-order valence-electron chi connectivity index (χ2n) is 2.57. The number of primary amides is 1. The standard InChI is InChI=1S/C7H11N5O/c1-4-2-6(10-3-5(8)13)12-7(9)11-4/h2H,3H2,1H3,(H2,8,13)(H3,9,10,11,12). The summed E-state index contributed by atoms with van der Waals surface area (Å²) < 4.78 is 0. The van der Waals surface area contributed by atoms with Crippen molar-refractivity contribution in [3.63, 3.8) is 0 Å². The Hall–Kier alpha value is -1.85. The van der Waals surface area contributed by atoms with Crippen LogP contribution in [0.25, 0.3) is 0 Å². The molecule has 1 rings (SSSR count). The number of nitrogen functional groups attached to an aromatic ring is 1. The molecule has 1 heterocycles. The van der Waals surface area contributed by atoms with Crippen LogP contribution >= 0.6 is 0 Å². The lowest BCUT2D eigenvalue weighted by Crippen LogP contribution is -2.22. The van der Waals surface area contributed by atoms with Gasteiger partial charge in [-0.15, -0.1) is 0 Å². The van der Waals surface area contributed by atoms with Gasteiger partial charge in [-0.3, -0.25) is 4.79 Å². The summed E-state index contributed by atoms with van der Waals surface area (Å²) in [5, 5.41) is 2.72. The summed E-state index contributed by atoms with van der Waals surface area (Å²) in [7, 11) is 0. The molecule has 0 aliphatic heterocycles. The first-order valence-corrected chi connectivity index (χ1v) is 3.71. The first-order valence-electron chi connectivity index (χ1n) is 3.71. The maximum absolute atomic E-state index is 10.4. The lowest BCUT2D eigenvalue weighted by atomic mass is 10.4. The summed E-state index contributed by atoms with van der Waals surface area (Å²) in [5.74, 6) is 0.227. The van der Waals surface area contributed by atoms with Crippen LogP contribution in [0.15, 0.2) is 6.07 Å². The van der Waals surface area contributed by atoms with Crippen molar-refractivity contribution in [2.45, 2.75) is 6.92 Å². The van der Waals surface area contributed by atoms with E-state index in [0.29, 0.717) is 5.82 Å². The van der Waals surface area contributed by atoms with Crippen LogP contribution in [-0.2, 0) is 4.79 Å². The van der Waals surface area contributed by atoms with E-state index in [1.165, 1.54) is 0 Å². The Morgan fingerprint density at radius 1 is 1.62 bits per heavy atom. The van der Waals surface area contributed by atoms with Crippen molar-refractivity contribution in [1.29, 1.82) is 0 Å². The molecular weight excluding hydrogens is 170 g/mol. The number of aryl methyl sites for hydroxylation is 1. The first kappa shape index (κ1) is 9.24. The SMILES string of the molecule is Cc1cc(NCC(N)=O)nc(N)n1. The van der Waals surface area contributed by atoms with Crippen LogP contribution in [0.2, 0.25) is 0 Å². The summed E-state index contributed by atoms with van der Waals surface area (Å²) in [5.41, 5.74) is 11.1. The maximum Gasteiger partial charge on any atom is 0.236 e. The predicted molar refractivity (Wildman–Crippen MR) is 48.9 cm³/mol. The number of nitrogens with two attached hydrogens (primary N) is 2. The molecule has 6 nitrogen and oxygen atoms in total. The van der Waals surface area contributed by atoms with Gasteiger partial charge in [0, 0.05) is 11.8 Å². The van der Waals surface area contributed by atoms with Crippen molar-refractivity contribution < 1.29 is 4.79 Å². The molecule has 1 aromatic rings. The largest absolute Gasteiger partial charge is 0.368 e. The van der Waals surface area contributed by atoms with Crippen molar-refractivity contribution in [2.75, 3.05) is 17.6 Å². The van der Waals surface area contributed by atoms with E-state index in [-0.39, 0.29) is 12.5 Å². The van der Waals surface area contributed by atoms with E-state index in [4.69, 9.17) is 11.5 Å². The third-order valence-electron chi connectivity index (χ3n) is 1.32. The Kier molecular flexibility index (Phi) is 2.63. The zero-order valence-electron chi connectivity index (χ0n) is 7.24. The van der Waals surface area contributed by atoms with E-state index >= 15 is 0 Å². The number of carbonyl (C=O) groups is 1. The van der Waals surface area contributed by atoms with Gasteiger partial charge in [0.1, 0.15) is 5.82 Å². The number of hydrogen-bond acceptors (Lipinski definition) is 5. The zero-order chi connectivity index (χ0) is 9.84. The number of hydrogen-bond donors (Lipinski definition) is 3. The third-order valence-corrected chi connectivity index (χ3v) is 1.32. The highest BCUT2D eigenvalue weighted by Gasteiger charge is 1.99. The molecule has 13 heavy (non-hydrogen) atoms. The van der Waals surface area contributed by atoms with Gasteiger partial charge in [-0.1, -0.05) is 0 Å². The minimum Gasteiger partial charge on any atom is -0.368 e. The lowest BCUT2D eigenvalue weighted by Gasteiger charge is -2.03. The van der Waals surface area contributed by atoms with Gasteiger partial charge >= 0.3 is 0 Å². The highest BCUT2D eigenvalue weighted by Crippen LogP contribution is 2.05. The van der Waals surface area contributed by atoms with Crippen LogP contribution < -0.4 is 16.8 Å². The van der Waals surface area contributed by atoms with Gasteiger partial charge in [0.25, 0.3) is 0 Å².